The zero-order chi connectivity index (χ0) is 11.9. The number of nitrogens with zero attached hydrogens (tertiary/aromatic N) is 1. The first kappa shape index (κ1) is 11.2. The van der Waals surface area contributed by atoms with Gasteiger partial charge in [0.25, 0.3) is 0 Å². The molecule has 0 amide bonds. The summed E-state index contributed by atoms with van der Waals surface area (Å²) in [5, 5.41) is 0.0380. The van der Waals surface area contributed by atoms with Crippen molar-refractivity contribution < 1.29 is 13.2 Å². The van der Waals surface area contributed by atoms with Gasteiger partial charge in [-0.25, -0.2) is 4.98 Å². The first-order valence-electron chi connectivity index (χ1n) is 4.31. The highest BCUT2D eigenvalue weighted by atomic mass is 79.9. The molecule has 1 aromatic heterocycles. The van der Waals surface area contributed by atoms with Crippen LogP contribution in [0.3, 0.4) is 0 Å². The third-order valence-corrected chi connectivity index (χ3v) is 2.76. The quantitative estimate of drug-likeness (QED) is 0.805. The monoisotopic (exact) mass is 290 g/mol. The molecule has 2 rings (SSSR count). The summed E-state index contributed by atoms with van der Waals surface area (Å²) >= 11 is 3.15. The van der Waals surface area contributed by atoms with Crippen molar-refractivity contribution in [1.29, 1.82) is 0 Å². The molecule has 0 aliphatic rings. The zero-order valence-corrected chi connectivity index (χ0v) is 9.43. The van der Waals surface area contributed by atoms with Crippen LogP contribution in [0.1, 0.15) is 5.56 Å². The van der Waals surface area contributed by atoms with Crippen molar-refractivity contribution in [2.45, 2.75) is 6.18 Å². The van der Waals surface area contributed by atoms with Crippen molar-refractivity contribution in [3.05, 3.63) is 34.3 Å². The number of rotatable bonds is 0. The number of hydrogen-bond donors (Lipinski definition) is 1. The molecule has 0 bridgehead atoms. The number of halogens is 4. The number of pyridine rings is 1. The van der Waals surface area contributed by atoms with Crippen LogP contribution in [0.25, 0.3) is 10.9 Å². The molecule has 0 saturated carbocycles. The number of hydrogen-bond acceptors (Lipinski definition) is 2. The molecular weight excluding hydrogens is 285 g/mol. The van der Waals surface area contributed by atoms with E-state index in [0.717, 1.165) is 6.07 Å². The van der Waals surface area contributed by atoms with Crippen LogP contribution in [0.5, 0.6) is 0 Å². The molecule has 2 aromatic rings. The molecule has 0 atom stereocenters. The lowest BCUT2D eigenvalue weighted by Gasteiger charge is -2.11. The third-order valence-electron chi connectivity index (χ3n) is 2.12. The number of para-hydroxylation sites is 1. The second-order valence-electron chi connectivity index (χ2n) is 3.23. The molecule has 0 unspecified atom stereocenters. The van der Waals surface area contributed by atoms with E-state index in [1.807, 2.05) is 0 Å². The van der Waals surface area contributed by atoms with Gasteiger partial charge in [-0.1, -0.05) is 12.1 Å². The topological polar surface area (TPSA) is 38.9 Å². The second-order valence-corrected chi connectivity index (χ2v) is 4.08. The lowest BCUT2D eigenvalue weighted by molar-refractivity contribution is -0.136. The second kappa shape index (κ2) is 3.62. The number of nitrogens with two attached hydrogens (primary N) is 1. The van der Waals surface area contributed by atoms with Crippen LogP contribution in [-0.2, 0) is 6.18 Å². The van der Waals surface area contributed by atoms with Crippen molar-refractivity contribution in [2.75, 3.05) is 5.73 Å². The summed E-state index contributed by atoms with van der Waals surface area (Å²) < 4.78 is 38.7. The van der Waals surface area contributed by atoms with E-state index in [2.05, 4.69) is 20.9 Å². The van der Waals surface area contributed by atoms with Gasteiger partial charge >= 0.3 is 6.18 Å². The van der Waals surface area contributed by atoms with E-state index in [1.54, 1.807) is 6.07 Å². The van der Waals surface area contributed by atoms with Crippen molar-refractivity contribution in [1.82, 2.24) is 4.98 Å². The van der Waals surface area contributed by atoms with E-state index >= 15 is 0 Å². The Hall–Kier alpha value is -1.30. The van der Waals surface area contributed by atoms with Gasteiger partial charge in [0, 0.05) is 9.86 Å². The molecule has 0 aliphatic carbocycles. The number of alkyl halides is 3. The fourth-order valence-corrected chi connectivity index (χ4v) is 1.92. The Kier molecular flexibility index (Phi) is 2.53. The fourth-order valence-electron chi connectivity index (χ4n) is 1.47. The first-order valence-corrected chi connectivity index (χ1v) is 5.11. The minimum absolute atomic E-state index is 0.0380. The molecule has 0 aliphatic heterocycles. The molecule has 0 spiro atoms. The van der Waals surface area contributed by atoms with Crippen LogP contribution in [0, 0.1) is 0 Å². The Balaban J connectivity index is 2.89. The van der Waals surface area contributed by atoms with Crippen LogP contribution in [-0.4, -0.2) is 4.98 Å². The highest BCUT2D eigenvalue weighted by Crippen LogP contribution is 2.36. The van der Waals surface area contributed by atoms with Crippen LogP contribution >= 0.6 is 15.9 Å². The number of nitrogen functional groups attached to an aromatic ring is 1. The van der Waals surface area contributed by atoms with Crippen LogP contribution in [0.2, 0.25) is 0 Å². The summed E-state index contributed by atoms with van der Waals surface area (Å²) in [6.45, 7) is 0. The summed E-state index contributed by atoms with van der Waals surface area (Å²) in [6.07, 6.45) is -4.43. The average Bonchev–Trinajstić information content (AvgIpc) is 2.17. The van der Waals surface area contributed by atoms with Gasteiger partial charge in [-0.05, 0) is 28.1 Å². The highest BCUT2D eigenvalue weighted by molar-refractivity contribution is 9.10. The molecule has 1 aromatic carbocycles. The molecule has 16 heavy (non-hydrogen) atoms. The summed E-state index contributed by atoms with van der Waals surface area (Å²) in [5.41, 5.74) is 4.81. The first-order chi connectivity index (χ1) is 7.39. The molecule has 0 fully saturated rings. The van der Waals surface area contributed by atoms with Gasteiger partial charge < -0.3 is 5.73 Å². The van der Waals surface area contributed by atoms with Gasteiger partial charge in [0.05, 0.1) is 11.1 Å². The number of anilines is 1. The van der Waals surface area contributed by atoms with E-state index in [1.165, 1.54) is 12.1 Å². The summed E-state index contributed by atoms with van der Waals surface area (Å²) in [7, 11) is 0. The number of aromatic nitrogens is 1. The molecule has 2 nitrogen and oxygen atoms in total. The molecule has 0 radical (unpaired) electrons. The average molecular weight is 291 g/mol. The third kappa shape index (κ3) is 1.84. The Morgan fingerprint density at radius 3 is 2.56 bits per heavy atom. The van der Waals surface area contributed by atoms with E-state index < -0.39 is 11.7 Å². The largest absolute Gasteiger partial charge is 0.417 e. The molecule has 1 heterocycles. The molecule has 84 valence electrons. The Morgan fingerprint density at radius 2 is 1.94 bits per heavy atom. The van der Waals surface area contributed by atoms with Crippen LogP contribution < -0.4 is 5.73 Å². The summed E-state index contributed by atoms with van der Waals surface area (Å²) in [4.78, 5) is 3.88. The maximum absolute atomic E-state index is 12.7. The van der Waals surface area contributed by atoms with E-state index in [-0.39, 0.29) is 16.7 Å². The molecule has 0 saturated heterocycles. The highest BCUT2D eigenvalue weighted by Gasteiger charge is 2.33. The lowest BCUT2D eigenvalue weighted by atomic mass is 10.1. The fraction of sp³-hybridized carbons (Fsp3) is 0.100. The Bertz CT molecular complexity index is 551. The molecule has 2 N–H and O–H groups in total. The summed E-state index contributed by atoms with van der Waals surface area (Å²) in [5.74, 6) is -0.147. The van der Waals surface area contributed by atoms with Gasteiger partial charge in [0.2, 0.25) is 0 Å². The van der Waals surface area contributed by atoms with Crippen LogP contribution in [0.15, 0.2) is 28.7 Å². The minimum Gasteiger partial charge on any atom is -0.384 e. The summed E-state index contributed by atoms with van der Waals surface area (Å²) in [6, 6.07) is 5.36. The smallest absolute Gasteiger partial charge is 0.384 e. The van der Waals surface area contributed by atoms with Crippen molar-refractivity contribution >= 4 is 32.7 Å². The van der Waals surface area contributed by atoms with Crippen molar-refractivity contribution in [3.63, 3.8) is 0 Å². The number of fused-ring (bicyclic) bond motifs is 1. The Labute approximate surface area is 97.4 Å². The van der Waals surface area contributed by atoms with E-state index in [9.17, 15) is 13.2 Å². The van der Waals surface area contributed by atoms with Gasteiger partial charge in [0.15, 0.2) is 0 Å². The molecule has 6 heteroatoms. The van der Waals surface area contributed by atoms with E-state index in [4.69, 9.17) is 5.73 Å². The Morgan fingerprint density at radius 1 is 1.25 bits per heavy atom. The normalized spacial score (nSPS) is 12.0. The van der Waals surface area contributed by atoms with Crippen LogP contribution in [0.4, 0.5) is 19.0 Å². The lowest BCUT2D eigenvalue weighted by Crippen LogP contribution is -2.08. The van der Waals surface area contributed by atoms with Gasteiger partial charge in [-0.3, -0.25) is 0 Å². The molecular formula is C10H6BrF3N2. The predicted octanol–water partition coefficient (Wildman–Crippen LogP) is 3.60. The van der Waals surface area contributed by atoms with Crippen molar-refractivity contribution in [2.24, 2.45) is 0 Å². The predicted molar refractivity (Wildman–Crippen MR) is 58.9 cm³/mol. The SMILES string of the molecule is Nc1cc(C(F)(F)F)c2cccc(Br)c2n1. The maximum Gasteiger partial charge on any atom is 0.417 e. The minimum atomic E-state index is -4.43. The van der Waals surface area contributed by atoms with Gasteiger partial charge in [-0.15, -0.1) is 0 Å². The van der Waals surface area contributed by atoms with Gasteiger partial charge in [-0.2, -0.15) is 13.2 Å². The zero-order valence-electron chi connectivity index (χ0n) is 7.85. The standard InChI is InChI=1S/C10H6BrF3N2/c11-7-3-1-2-5-6(10(12,13)14)4-8(15)16-9(5)7/h1-4H,(H2,15,16). The maximum atomic E-state index is 12.7. The number of benzene rings is 1. The van der Waals surface area contributed by atoms with Crippen molar-refractivity contribution in [3.8, 4) is 0 Å². The van der Waals surface area contributed by atoms with E-state index in [0.29, 0.717) is 4.47 Å². The van der Waals surface area contributed by atoms with Gasteiger partial charge in [0.1, 0.15) is 5.82 Å².